The number of hydrogen-bond acceptors (Lipinski definition) is 4. The second-order valence-electron chi connectivity index (χ2n) is 5.90. The first-order valence-corrected chi connectivity index (χ1v) is 8.38. The molecule has 6 heteroatoms. The van der Waals surface area contributed by atoms with Crippen LogP contribution in [-0.4, -0.2) is 42.2 Å². The van der Waals surface area contributed by atoms with Crippen LogP contribution in [0, 0.1) is 0 Å². The van der Waals surface area contributed by atoms with Crippen LogP contribution in [0.5, 0.6) is 0 Å². The number of ether oxygens (including phenoxy) is 1. The Labute approximate surface area is 136 Å². The number of H-pyrrole nitrogens is 1. The highest BCUT2D eigenvalue weighted by molar-refractivity contribution is 5.93. The van der Waals surface area contributed by atoms with E-state index in [1.165, 1.54) is 0 Å². The lowest BCUT2D eigenvalue weighted by Crippen LogP contribution is -2.36. The van der Waals surface area contributed by atoms with Crippen LogP contribution in [0.1, 0.15) is 32.6 Å². The molecule has 124 valence electrons. The fourth-order valence-electron chi connectivity index (χ4n) is 2.76. The number of nitrogens with one attached hydrogen (secondary N) is 2. The van der Waals surface area contributed by atoms with E-state index >= 15 is 0 Å². The van der Waals surface area contributed by atoms with Crippen LogP contribution in [0.3, 0.4) is 0 Å². The molecule has 1 aliphatic heterocycles. The number of fused-ring (bicyclic) bond motifs is 1. The number of rotatable bonds is 6. The summed E-state index contributed by atoms with van der Waals surface area (Å²) in [6, 6.07) is 5.80. The monoisotopic (exact) mass is 316 g/mol. The predicted octanol–water partition coefficient (Wildman–Crippen LogP) is 2.92. The highest BCUT2D eigenvalue weighted by Gasteiger charge is 2.15. The minimum atomic E-state index is 0.0747. The van der Waals surface area contributed by atoms with E-state index < -0.39 is 0 Å². The van der Waals surface area contributed by atoms with E-state index in [9.17, 15) is 4.79 Å². The second kappa shape index (κ2) is 7.46. The molecule has 1 fully saturated rings. The maximum Gasteiger partial charge on any atom is 0.224 e. The maximum absolute atomic E-state index is 11.9. The van der Waals surface area contributed by atoms with Crippen molar-refractivity contribution < 1.29 is 9.53 Å². The van der Waals surface area contributed by atoms with Crippen LogP contribution in [0.2, 0.25) is 0 Å². The molecule has 0 atom stereocenters. The SMILES string of the molecule is CCCCCC(=O)Nc1ccc2nc(N3CCOCC3)[nH]c2c1. The molecule has 2 N–H and O–H groups in total. The number of amides is 1. The van der Waals surface area contributed by atoms with Crippen molar-refractivity contribution in [3.8, 4) is 0 Å². The zero-order valence-electron chi connectivity index (χ0n) is 13.6. The summed E-state index contributed by atoms with van der Waals surface area (Å²) in [5.74, 6) is 0.945. The summed E-state index contributed by atoms with van der Waals surface area (Å²) in [5, 5.41) is 2.96. The number of imidazole rings is 1. The van der Waals surface area contributed by atoms with Crippen molar-refractivity contribution in [2.45, 2.75) is 32.6 Å². The average molecular weight is 316 g/mol. The molecule has 0 aliphatic carbocycles. The number of aromatic amines is 1. The Bertz CT molecular complexity index is 662. The minimum Gasteiger partial charge on any atom is -0.378 e. The molecule has 2 aromatic rings. The molecule has 0 spiro atoms. The van der Waals surface area contributed by atoms with Crippen molar-refractivity contribution >= 4 is 28.6 Å². The number of morpholine rings is 1. The summed E-state index contributed by atoms with van der Waals surface area (Å²) in [7, 11) is 0. The summed E-state index contributed by atoms with van der Waals surface area (Å²) in [6.45, 7) is 5.30. The molecule has 2 heterocycles. The van der Waals surface area contributed by atoms with Crippen molar-refractivity contribution in [3.05, 3.63) is 18.2 Å². The van der Waals surface area contributed by atoms with Crippen LogP contribution < -0.4 is 10.2 Å². The Morgan fingerprint density at radius 1 is 1.35 bits per heavy atom. The molecule has 3 rings (SSSR count). The number of anilines is 2. The van der Waals surface area contributed by atoms with Gasteiger partial charge in [-0.3, -0.25) is 4.79 Å². The van der Waals surface area contributed by atoms with Gasteiger partial charge >= 0.3 is 0 Å². The smallest absolute Gasteiger partial charge is 0.224 e. The van der Waals surface area contributed by atoms with Crippen molar-refractivity contribution in [1.29, 1.82) is 0 Å². The van der Waals surface area contributed by atoms with Crippen molar-refractivity contribution in [3.63, 3.8) is 0 Å². The fraction of sp³-hybridized carbons (Fsp3) is 0.529. The zero-order valence-corrected chi connectivity index (χ0v) is 13.6. The summed E-state index contributed by atoms with van der Waals surface area (Å²) in [5.41, 5.74) is 2.67. The van der Waals surface area contributed by atoms with Crippen molar-refractivity contribution in [2.24, 2.45) is 0 Å². The number of unbranched alkanes of at least 4 members (excludes halogenated alkanes) is 2. The van der Waals surface area contributed by atoms with E-state index in [1.54, 1.807) is 0 Å². The summed E-state index contributed by atoms with van der Waals surface area (Å²) < 4.78 is 5.37. The van der Waals surface area contributed by atoms with Crippen LogP contribution in [0.4, 0.5) is 11.6 Å². The molecule has 0 unspecified atom stereocenters. The Balaban J connectivity index is 1.67. The summed E-state index contributed by atoms with van der Waals surface area (Å²) >= 11 is 0. The maximum atomic E-state index is 11.9. The largest absolute Gasteiger partial charge is 0.378 e. The number of carbonyl (C=O) groups is 1. The minimum absolute atomic E-state index is 0.0747. The number of benzene rings is 1. The van der Waals surface area contributed by atoms with E-state index in [2.05, 4.69) is 27.1 Å². The van der Waals surface area contributed by atoms with E-state index in [0.29, 0.717) is 6.42 Å². The fourth-order valence-corrected chi connectivity index (χ4v) is 2.76. The molecule has 1 amide bonds. The van der Waals surface area contributed by atoms with Crippen LogP contribution in [0.15, 0.2) is 18.2 Å². The number of nitrogens with zero attached hydrogens (tertiary/aromatic N) is 2. The van der Waals surface area contributed by atoms with E-state index in [1.807, 2.05) is 18.2 Å². The van der Waals surface area contributed by atoms with E-state index in [4.69, 9.17) is 4.74 Å². The quantitative estimate of drug-likeness (QED) is 0.804. The lowest BCUT2D eigenvalue weighted by molar-refractivity contribution is -0.116. The normalized spacial score (nSPS) is 15.1. The van der Waals surface area contributed by atoms with E-state index in [-0.39, 0.29) is 5.91 Å². The molecule has 1 aromatic heterocycles. The molecule has 0 saturated carbocycles. The Hall–Kier alpha value is -2.08. The van der Waals surface area contributed by atoms with Gasteiger partial charge in [-0.25, -0.2) is 4.98 Å². The standard InChI is InChI=1S/C17H24N4O2/c1-2-3-4-5-16(22)18-13-6-7-14-15(12-13)20-17(19-14)21-8-10-23-11-9-21/h6-7,12H,2-5,8-11H2,1H3,(H,18,22)(H,19,20). The van der Waals surface area contributed by atoms with Crippen LogP contribution >= 0.6 is 0 Å². The zero-order chi connectivity index (χ0) is 16.1. The van der Waals surface area contributed by atoms with Gasteiger partial charge in [0.2, 0.25) is 11.9 Å². The van der Waals surface area contributed by atoms with Crippen molar-refractivity contribution in [1.82, 2.24) is 9.97 Å². The Morgan fingerprint density at radius 2 is 2.17 bits per heavy atom. The van der Waals surface area contributed by atoms with Gasteiger partial charge in [0.25, 0.3) is 0 Å². The summed E-state index contributed by atoms with van der Waals surface area (Å²) in [6.07, 6.45) is 3.73. The number of carbonyl (C=O) groups excluding carboxylic acids is 1. The van der Waals surface area contributed by atoms with Crippen LogP contribution in [0.25, 0.3) is 11.0 Å². The van der Waals surface area contributed by atoms with Gasteiger partial charge in [0.1, 0.15) is 0 Å². The molecular formula is C17H24N4O2. The average Bonchev–Trinajstić information content (AvgIpc) is 2.99. The van der Waals surface area contributed by atoms with E-state index in [0.717, 1.165) is 68.2 Å². The molecule has 0 radical (unpaired) electrons. The Morgan fingerprint density at radius 3 is 2.96 bits per heavy atom. The van der Waals surface area contributed by atoms with Crippen molar-refractivity contribution in [2.75, 3.05) is 36.5 Å². The number of aromatic nitrogens is 2. The third-order valence-electron chi connectivity index (χ3n) is 4.07. The van der Waals surface area contributed by atoms with Gasteiger partial charge in [0.15, 0.2) is 0 Å². The highest BCUT2D eigenvalue weighted by atomic mass is 16.5. The molecule has 23 heavy (non-hydrogen) atoms. The van der Waals surface area contributed by atoms with Gasteiger partial charge in [-0.05, 0) is 24.6 Å². The first kappa shape index (κ1) is 15.8. The molecule has 6 nitrogen and oxygen atoms in total. The molecule has 1 aliphatic rings. The topological polar surface area (TPSA) is 70.2 Å². The summed E-state index contributed by atoms with van der Waals surface area (Å²) in [4.78, 5) is 22.1. The third-order valence-corrected chi connectivity index (χ3v) is 4.07. The molecule has 1 saturated heterocycles. The second-order valence-corrected chi connectivity index (χ2v) is 5.90. The molecule has 0 bridgehead atoms. The number of hydrogen-bond donors (Lipinski definition) is 2. The first-order valence-electron chi connectivity index (χ1n) is 8.38. The Kier molecular flexibility index (Phi) is 5.12. The molecule has 1 aromatic carbocycles. The first-order chi connectivity index (χ1) is 11.3. The predicted molar refractivity (Wildman–Crippen MR) is 91.9 cm³/mol. The van der Waals surface area contributed by atoms with Gasteiger partial charge in [0.05, 0.1) is 24.2 Å². The highest BCUT2D eigenvalue weighted by Crippen LogP contribution is 2.21. The van der Waals surface area contributed by atoms with Gasteiger partial charge in [-0.15, -0.1) is 0 Å². The van der Waals surface area contributed by atoms with Gasteiger partial charge in [-0.1, -0.05) is 19.8 Å². The van der Waals surface area contributed by atoms with Crippen LogP contribution in [-0.2, 0) is 9.53 Å². The van der Waals surface area contributed by atoms with Gasteiger partial charge in [-0.2, -0.15) is 0 Å². The lowest BCUT2D eigenvalue weighted by atomic mass is 10.2. The third kappa shape index (κ3) is 4.01. The van der Waals surface area contributed by atoms with Gasteiger partial charge in [0, 0.05) is 25.2 Å². The van der Waals surface area contributed by atoms with Gasteiger partial charge < -0.3 is 19.9 Å². The lowest BCUT2D eigenvalue weighted by Gasteiger charge is -2.26. The molecular weight excluding hydrogens is 292 g/mol.